The van der Waals surface area contributed by atoms with Gasteiger partial charge in [-0.3, -0.25) is 0 Å². The Hall–Kier alpha value is -1.05. The monoisotopic (exact) mass is 204 g/mol. The summed E-state index contributed by atoms with van der Waals surface area (Å²) in [6.07, 6.45) is 1.02. The first-order valence-corrected chi connectivity index (χ1v) is 4.48. The molecule has 1 aliphatic rings. The Labute approximate surface area is 82.3 Å². The van der Waals surface area contributed by atoms with Crippen molar-refractivity contribution in [3.63, 3.8) is 0 Å². The van der Waals surface area contributed by atoms with Gasteiger partial charge in [0.15, 0.2) is 0 Å². The van der Waals surface area contributed by atoms with E-state index in [1.165, 1.54) is 0 Å². The van der Waals surface area contributed by atoms with E-state index >= 15 is 0 Å². The maximum absolute atomic E-state index is 8.44. The first kappa shape index (κ1) is 11.0. The van der Waals surface area contributed by atoms with Crippen molar-refractivity contribution in [3.8, 4) is 0 Å². The van der Waals surface area contributed by atoms with E-state index in [1.807, 2.05) is 0 Å². The fourth-order valence-electron chi connectivity index (χ4n) is 1.25. The molecular formula is C7H16N4O3. The molecule has 82 valence electrons. The molecule has 0 aliphatic carbocycles. The number of nitrogens with one attached hydrogen (secondary N) is 2. The van der Waals surface area contributed by atoms with E-state index in [0.29, 0.717) is 18.4 Å². The third-order valence-electron chi connectivity index (χ3n) is 2.01. The minimum absolute atomic E-state index is 0.232. The van der Waals surface area contributed by atoms with Gasteiger partial charge in [0.1, 0.15) is 0 Å². The van der Waals surface area contributed by atoms with Gasteiger partial charge in [-0.25, -0.2) is 10.4 Å². The second kappa shape index (κ2) is 5.63. The van der Waals surface area contributed by atoms with Gasteiger partial charge in [-0.05, 0) is 11.8 Å². The van der Waals surface area contributed by atoms with Crippen LogP contribution in [0.3, 0.4) is 0 Å². The third-order valence-corrected chi connectivity index (χ3v) is 2.01. The average Bonchev–Trinajstić information content (AvgIpc) is 2.64. The molecule has 1 unspecified atom stereocenters. The van der Waals surface area contributed by atoms with Crippen LogP contribution in [0.1, 0.15) is 6.42 Å². The highest BCUT2D eigenvalue weighted by atomic mass is 16.8. The SMILES string of the molecule is CN/C(=N\N(O)O)NCC1CCOC1. The van der Waals surface area contributed by atoms with Crippen LogP contribution in [0.4, 0.5) is 0 Å². The van der Waals surface area contributed by atoms with Crippen LogP contribution in [-0.2, 0) is 4.74 Å². The van der Waals surface area contributed by atoms with Crippen LogP contribution in [0.2, 0.25) is 0 Å². The van der Waals surface area contributed by atoms with Crippen molar-refractivity contribution in [1.29, 1.82) is 0 Å². The van der Waals surface area contributed by atoms with E-state index in [0.717, 1.165) is 19.6 Å². The lowest BCUT2D eigenvalue weighted by molar-refractivity contribution is -0.307. The van der Waals surface area contributed by atoms with Crippen LogP contribution in [-0.4, -0.2) is 48.5 Å². The Bertz CT molecular complexity index is 191. The lowest BCUT2D eigenvalue weighted by Crippen LogP contribution is -2.39. The molecule has 1 heterocycles. The van der Waals surface area contributed by atoms with Gasteiger partial charge in [0.25, 0.3) is 0 Å². The summed E-state index contributed by atoms with van der Waals surface area (Å²) in [6, 6.07) is 0. The zero-order valence-electron chi connectivity index (χ0n) is 8.10. The standard InChI is InChI=1S/C7H16N4O3/c1-8-7(10-11(12)13)9-4-6-2-3-14-5-6/h6,12-13H,2-5H2,1H3,(H2,8,9,10). The summed E-state index contributed by atoms with van der Waals surface area (Å²) in [7, 11) is 1.64. The minimum atomic E-state index is -0.232. The highest BCUT2D eigenvalue weighted by molar-refractivity contribution is 5.79. The second-order valence-corrected chi connectivity index (χ2v) is 3.08. The Balaban J connectivity index is 2.26. The fraction of sp³-hybridized carbons (Fsp3) is 0.857. The van der Waals surface area contributed by atoms with Gasteiger partial charge >= 0.3 is 0 Å². The average molecular weight is 204 g/mol. The van der Waals surface area contributed by atoms with Crippen LogP contribution < -0.4 is 10.6 Å². The van der Waals surface area contributed by atoms with Crippen LogP contribution >= 0.6 is 0 Å². The van der Waals surface area contributed by atoms with Crippen molar-refractivity contribution in [2.45, 2.75) is 6.42 Å². The van der Waals surface area contributed by atoms with E-state index in [9.17, 15) is 0 Å². The molecule has 7 nitrogen and oxygen atoms in total. The maximum Gasteiger partial charge on any atom is 0.218 e. The third kappa shape index (κ3) is 3.77. The fourth-order valence-corrected chi connectivity index (χ4v) is 1.25. The van der Waals surface area contributed by atoms with E-state index in [1.54, 1.807) is 7.05 Å². The Morgan fingerprint density at radius 1 is 1.64 bits per heavy atom. The molecule has 1 aliphatic heterocycles. The van der Waals surface area contributed by atoms with Crippen molar-refractivity contribution in [3.05, 3.63) is 0 Å². The highest BCUT2D eigenvalue weighted by Crippen LogP contribution is 2.10. The number of hydrogen-bond donors (Lipinski definition) is 4. The van der Waals surface area contributed by atoms with Crippen LogP contribution in [0.5, 0.6) is 0 Å². The largest absolute Gasteiger partial charge is 0.381 e. The molecule has 0 bridgehead atoms. The summed E-state index contributed by atoms with van der Waals surface area (Å²) in [5, 5.41) is 25.6. The summed E-state index contributed by atoms with van der Waals surface area (Å²) in [6.45, 7) is 2.24. The van der Waals surface area contributed by atoms with Gasteiger partial charge in [-0.2, -0.15) is 0 Å². The van der Waals surface area contributed by atoms with E-state index in [4.69, 9.17) is 15.2 Å². The zero-order valence-corrected chi connectivity index (χ0v) is 8.10. The summed E-state index contributed by atoms with van der Waals surface area (Å²) in [5.74, 6) is 0.765. The van der Waals surface area contributed by atoms with Crippen LogP contribution in [0, 0.1) is 5.92 Å². The molecule has 0 radical (unpaired) electrons. The highest BCUT2D eigenvalue weighted by Gasteiger charge is 2.15. The summed E-state index contributed by atoms with van der Waals surface area (Å²) in [5.41, 5.74) is 0. The summed E-state index contributed by atoms with van der Waals surface area (Å²) in [4.78, 5) is 0. The molecule has 1 fully saturated rings. The molecule has 0 aromatic carbocycles. The molecule has 4 N–H and O–H groups in total. The van der Waals surface area contributed by atoms with Gasteiger partial charge in [0, 0.05) is 26.1 Å². The van der Waals surface area contributed by atoms with Crippen molar-refractivity contribution in [2.24, 2.45) is 11.0 Å². The molecule has 0 aromatic heterocycles. The Morgan fingerprint density at radius 2 is 2.43 bits per heavy atom. The van der Waals surface area contributed by atoms with Crippen molar-refractivity contribution in [1.82, 2.24) is 16.0 Å². The normalized spacial score (nSPS) is 22.2. The van der Waals surface area contributed by atoms with Crippen molar-refractivity contribution >= 4 is 5.96 Å². The first-order chi connectivity index (χ1) is 6.72. The van der Waals surface area contributed by atoms with E-state index < -0.39 is 0 Å². The number of hydrogen-bond acceptors (Lipinski definition) is 5. The van der Waals surface area contributed by atoms with Gasteiger partial charge < -0.3 is 15.4 Å². The molecule has 1 atom stereocenters. The molecule has 1 saturated heterocycles. The summed E-state index contributed by atoms with van der Waals surface area (Å²) < 4.78 is 5.19. The predicted molar refractivity (Wildman–Crippen MR) is 48.8 cm³/mol. The Kier molecular flexibility index (Phi) is 4.44. The molecule has 0 aromatic rings. The Morgan fingerprint density at radius 3 is 2.93 bits per heavy atom. The molecule has 1 rings (SSSR count). The van der Waals surface area contributed by atoms with Crippen LogP contribution in [0.25, 0.3) is 0 Å². The molecule has 0 spiro atoms. The lowest BCUT2D eigenvalue weighted by atomic mass is 10.1. The van der Waals surface area contributed by atoms with Crippen LogP contribution in [0.15, 0.2) is 5.10 Å². The quantitative estimate of drug-likeness (QED) is 0.273. The number of guanidine groups is 1. The number of hydrazone groups is 1. The van der Waals surface area contributed by atoms with Gasteiger partial charge in [-0.15, -0.1) is 0 Å². The van der Waals surface area contributed by atoms with Gasteiger partial charge in [0.05, 0.1) is 6.61 Å². The number of nitrogens with zero attached hydrogens (tertiary/aromatic N) is 2. The van der Waals surface area contributed by atoms with Crippen molar-refractivity contribution < 1.29 is 15.2 Å². The smallest absolute Gasteiger partial charge is 0.218 e. The molecule has 0 amide bonds. The van der Waals surface area contributed by atoms with E-state index in [-0.39, 0.29) is 5.34 Å². The van der Waals surface area contributed by atoms with E-state index in [2.05, 4.69) is 15.7 Å². The molecule has 14 heavy (non-hydrogen) atoms. The molecule has 7 heteroatoms. The molecule has 0 saturated carbocycles. The first-order valence-electron chi connectivity index (χ1n) is 4.48. The zero-order chi connectivity index (χ0) is 10.4. The van der Waals surface area contributed by atoms with Gasteiger partial charge in [-0.1, -0.05) is 5.10 Å². The number of ether oxygens (including phenoxy) is 1. The summed E-state index contributed by atoms with van der Waals surface area (Å²) >= 11 is 0. The number of rotatable bonds is 3. The molecular weight excluding hydrogens is 188 g/mol. The second-order valence-electron chi connectivity index (χ2n) is 3.08. The topological polar surface area (TPSA) is 89.4 Å². The van der Waals surface area contributed by atoms with Gasteiger partial charge in [0.2, 0.25) is 5.96 Å². The predicted octanol–water partition coefficient (Wildman–Crippen LogP) is -0.817. The minimum Gasteiger partial charge on any atom is -0.381 e. The maximum atomic E-state index is 8.44. The lowest BCUT2D eigenvalue weighted by Gasteiger charge is -2.12. The van der Waals surface area contributed by atoms with Crippen molar-refractivity contribution in [2.75, 3.05) is 26.8 Å².